The van der Waals surface area contributed by atoms with E-state index in [0.717, 1.165) is 19.5 Å². The summed E-state index contributed by atoms with van der Waals surface area (Å²) in [4.78, 5) is 28.1. The van der Waals surface area contributed by atoms with Gasteiger partial charge < -0.3 is 15.5 Å². The van der Waals surface area contributed by atoms with Gasteiger partial charge >= 0.3 is 0 Å². The zero-order chi connectivity index (χ0) is 19.9. The number of benzene rings is 1. The Morgan fingerprint density at radius 3 is 2.86 bits per heavy atom. The van der Waals surface area contributed by atoms with Crippen LogP contribution in [-0.2, 0) is 0 Å². The van der Waals surface area contributed by atoms with Gasteiger partial charge in [-0.3, -0.25) is 9.59 Å². The zero-order valence-electron chi connectivity index (χ0n) is 16.0. The molecular formula is C21H26ClN3O2S. The topological polar surface area (TPSA) is 61.4 Å². The number of nitrogens with zero attached hydrogens (tertiary/aromatic N) is 1. The molecule has 1 aliphatic heterocycles. The molecule has 5 nitrogen and oxygen atoms in total. The standard InChI is InChI=1S/C21H26ClN3O2S/c1-15-6-2-3-11-25(15)12-5-10-23-20(26)17-9-8-16(22)14-18(17)24-21(27)19-7-4-13-28-19/h4,7-9,13-15H,2-3,5-6,10-12H2,1H3,(H,23,26)(H,24,27)/t15-/m1/s1. The number of piperidine rings is 1. The molecule has 1 aromatic carbocycles. The molecule has 0 radical (unpaired) electrons. The lowest BCUT2D eigenvalue weighted by Crippen LogP contribution is -2.39. The molecule has 150 valence electrons. The van der Waals surface area contributed by atoms with Crippen LogP contribution in [0.3, 0.4) is 0 Å². The van der Waals surface area contributed by atoms with Gasteiger partial charge in [0.15, 0.2) is 0 Å². The zero-order valence-corrected chi connectivity index (χ0v) is 17.6. The minimum atomic E-state index is -0.245. The molecule has 0 unspecified atom stereocenters. The maximum absolute atomic E-state index is 12.6. The van der Waals surface area contributed by atoms with Crippen molar-refractivity contribution >= 4 is 40.4 Å². The predicted molar refractivity (Wildman–Crippen MR) is 116 cm³/mol. The van der Waals surface area contributed by atoms with Crippen molar-refractivity contribution in [2.24, 2.45) is 0 Å². The van der Waals surface area contributed by atoms with E-state index < -0.39 is 0 Å². The lowest BCUT2D eigenvalue weighted by Gasteiger charge is -2.33. The van der Waals surface area contributed by atoms with Crippen LogP contribution >= 0.6 is 22.9 Å². The maximum Gasteiger partial charge on any atom is 0.265 e. The molecule has 2 N–H and O–H groups in total. The lowest BCUT2D eigenvalue weighted by molar-refractivity contribution is 0.0949. The van der Waals surface area contributed by atoms with Crippen molar-refractivity contribution in [3.05, 3.63) is 51.2 Å². The second-order valence-electron chi connectivity index (χ2n) is 7.11. The van der Waals surface area contributed by atoms with Crippen molar-refractivity contribution in [2.75, 3.05) is 25.0 Å². The first-order valence-corrected chi connectivity index (χ1v) is 11.0. The summed E-state index contributed by atoms with van der Waals surface area (Å²) in [7, 11) is 0. The molecule has 1 fully saturated rings. The first-order valence-electron chi connectivity index (χ1n) is 9.71. The van der Waals surface area contributed by atoms with Gasteiger partial charge in [-0.1, -0.05) is 24.1 Å². The monoisotopic (exact) mass is 419 g/mol. The first-order chi connectivity index (χ1) is 13.5. The third-order valence-corrected chi connectivity index (χ3v) is 6.17. The van der Waals surface area contributed by atoms with E-state index in [-0.39, 0.29) is 11.8 Å². The number of carbonyl (C=O) groups is 2. The molecule has 28 heavy (non-hydrogen) atoms. The van der Waals surface area contributed by atoms with Crippen LogP contribution in [0.5, 0.6) is 0 Å². The number of thiophene rings is 1. The van der Waals surface area contributed by atoms with Crippen LogP contribution < -0.4 is 10.6 Å². The predicted octanol–water partition coefficient (Wildman–Crippen LogP) is 4.65. The Labute approximate surface area is 175 Å². The second-order valence-corrected chi connectivity index (χ2v) is 8.50. The van der Waals surface area contributed by atoms with Crippen LogP contribution in [0.25, 0.3) is 0 Å². The van der Waals surface area contributed by atoms with Crippen LogP contribution in [0.2, 0.25) is 5.02 Å². The highest BCUT2D eigenvalue weighted by atomic mass is 35.5. The smallest absolute Gasteiger partial charge is 0.265 e. The number of anilines is 1. The average molecular weight is 420 g/mol. The van der Waals surface area contributed by atoms with Crippen molar-refractivity contribution in [3.8, 4) is 0 Å². The van der Waals surface area contributed by atoms with E-state index in [9.17, 15) is 9.59 Å². The summed E-state index contributed by atoms with van der Waals surface area (Å²) in [5, 5.41) is 8.07. The molecule has 2 heterocycles. The molecule has 1 aromatic heterocycles. The summed E-state index contributed by atoms with van der Waals surface area (Å²) in [6.07, 6.45) is 4.73. The number of hydrogen-bond donors (Lipinski definition) is 2. The number of amides is 2. The second kappa shape index (κ2) is 10.0. The normalized spacial score (nSPS) is 17.3. The summed E-state index contributed by atoms with van der Waals surface area (Å²) in [6, 6.07) is 9.10. The van der Waals surface area contributed by atoms with Crippen molar-refractivity contribution in [2.45, 2.75) is 38.6 Å². The van der Waals surface area contributed by atoms with Crippen LogP contribution in [0.15, 0.2) is 35.7 Å². The third-order valence-electron chi connectivity index (χ3n) is 5.07. The summed E-state index contributed by atoms with van der Waals surface area (Å²) >= 11 is 7.42. The lowest BCUT2D eigenvalue weighted by atomic mass is 10.0. The van der Waals surface area contributed by atoms with Crippen molar-refractivity contribution in [1.29, 1.82) is 0 Å². The van der Waals surface area contributed by atoms with Gasteiger partial charge in [0.1, 0.15) is 0 Å². The molecule has 0 aliphatic carbocycles. The van der Waals surface area contributed by atoms with E-state index >= 15 is 0 Å². The van der Waals surface area contributed by atoms with Gasteiger partial charge in [-0.15, -0.1) is 11.3 Å². The highest BCUT2D eigenvalue weighted by molar-refractivity contribution is 7.12. The Balaban J connectivity index is 1.56. The molecule has 0 saturated carbocycles. The SMILES string of the molecule is C[C@@H]1CCCCN1CCCNC(=O)c1ccc(Cl)cc1NC(=O)c1cccs1. The number of carbonyl (C=O) groups excluding carboxylic acids is 2. The highest BCUT2D eigenvalue weighted by Crippen LogP contribution is 2.23. The summed E-state index contributed by atoms with van der Waals surface area (Å²) in [5.74, 6) is -0.449. The molecule has 1 atom stereocenters. The fourth-order valence-corrected chi connectivity index (χ4v) is 4.27. The molecule has 0 spiro atoms. The van der Waals surface area contributed by atoms with Gasteiger partial charge in [0, 0.05) is 24.2 Å². The number of likely N-dealkylation sites (tertiary alicyclic amines) is 1. The Hall–Kier alpha value is -1.89. The molecule has 3 rings (SSSR count). The number of rotatable bonds is 7. The Morgan fingerprint density at radius 1 is 1.25 bits per heavy atom. The van der Waals surface area contributed by atoms with Gasteiger partial charge in [-0.25, -0.2) is 0 Å². The summed E-state index contributed by atoms with van der Waals surface area (Å²) in [6.45, 7) is 5.01. The van der Waals surface area contributed by atoms with Crippen LogP contribution in [-0.4, -0.2) is 42.4 Å². The van der Waals surface area contributed by atoms with Crippen LogP contribution in [0.4, 0.5) is 5.69 Å². The van der Waals surface area contributed by atoms with Crippen LogP contribution in [0.1, 0.15) is 52.6 Å². The van der Waals surface area contributed by atoms with Crippen molar-refractivity contribution < 1.29 is 9.59 Å². The van der Waals surface area contributed by atoms with Gasteiger partial charge in [0.2, 0.25) is 0 Å². The Bertz CT molecular complexity index is 810. The van der Waals surface area contributed by atoms with E-state index in [0.29, 0.717) is 33.7 Å². The molecule has 1 aliphatic rings. The largest absolute Gasteiger partial charge is 0.352 e. The molecular weight excluding hydrogens is 394 g/mol. The van der Waals surface area contributed by atoms with E-state index in [1.807, 2.05) is 11.4 Å². The number of hydrogen-bond acceptors (Lipinski definition) is 4. The Morgan fingerprint density at radius 2 is 2.11 bits per heavy atom. The quantitative estimate of drug-likeness (QED) is 0.642. The van der Waals surface area contributed by atoms with Crippen molar-refractivity contribution in [1.82, 2.24) is 10.2 Å². The molecule has 2 amide bonds. The highest BCUT2D eigenvalue weighted by Gasteiger charge is 2.18. The van der Waals surface area contributed by atoms with E-state index in [1.165, 1.54) is 30.6 Å². The maximum atomic E-state index is 12.6. The number of halogens is 1. The van der Waals surface area contributed by atoms with Crippen LogP contribution in [0, 0.1) is 0 Å². The summed E-state index contributed by atoms with van der Waals surface area (Å²) < 4.78 is 0. The third kappa shape index (κ3) is 5.56. The molecule has 7 heteroatoms. The summed E-state index contributed by atoms with van der Waals surface area (Å²) in [5.41, 5.74) is 0.841. The Kier molecular flexibility index (Phi) is 7.48. The van der Waals surface area contributed by atoms with Gasteiger partial charge in [-0.05, 0) is 62.4 Å². The minimum absolute atomic E-state index is 0.204. The molecule has 0 bridgehead atoms. The van der Waals surface area contributed by atoms with E-state index in [1.54, 1.807) is 24.3 Å². The average Bonchev–Trinajstić information content (AvgIpc) is 3.21. The molecule has 2 aromatic rings. The first kappa shape index (κ1) is 20.8. The molecule has 1 saturated heterocycles. The van der Waals surface area contributed by atoms with Gasteiger partial charge in [0.05, 0.1) is 16.1 Å². The van der Waals surface area contributed by atoms with Gasteiger partial charge in [0.25, 0.3) is 11.8 Å². The van der Waals surface area contributed by atoms with E-state index in [4.69, 9.17) is 11.6 Å². The van der Waals surface area contributed by atoms with E-state index in [2.05, 4.69) is 22.5 Å². The fraction of sp³-hybridized carbons (Fsp3) is 0.429. The van der Waals surface area contributed by atoms with Gasteiger partial charge in [-0.2, -0.15) is 0 Å². The number of nitrogens with one attached hydrogen (secondary N) is 2. The minimum Gasteiger partial charge on any atom is -0.352 e. The fourth-order valence-electron chi connectivity index (χ4n) is 3.48. The van der Waals surface area contributed by atoms with Crippen molar-refractivity contribution in [3.63, 3.8) is 0 Å².